The number of hydrogen-bond acceptors (Lipinski definition) is 4. The van der Waals surface area contributed by atoms with E-state index in [2.05, 4.69) is 21.2 Å². The molecular formula is C14H22BrNO3. The minimum atomic E-state index is -0.429. The Labute approximate surface area is 123 Å². The minimum absolute atomic E-state index is 0.310. The first-order valence-electron chi connectivity index (χ1n) is 6.47. The summed E-state index contributed by atoms with van der Waals surface area (Å²) < 4.78 is 11.6. The molecule has 1 atom stereocenters. The maximum atomic E-state index is 9.57. The molecule has 0 saturated carbocycles. The first-order chi connectivity index (χ1) is 9.19. The van der Waals surface area contributed by atoms with Gasteiger partial charge in [0.05, 0.1) is 17.2 Å². The molecule has 0 heterocycles. The zero-order valence-corrected chi connectivity index (χ0v) is 13.1. The van der Waals surface area contributed by atoms with Crippen molar-refractivity contribution < 1.29 is 14.6 Å². The Balaban J connectivity index is 2.61. The van der Waals surface area contributed by atoms with E-state index in [0.29, 0.717) is 26.2 Å². The third-order valence-corrected chi connectivity index (χ3v) is 3.36. The summed E-state index contributed by atoms with van der Waals surface area (Å²) in [5.41, 5.74) is 1.06. The Bertz CT molecular complexity index is 374. The molecule has 0 spiro atoms. The number of ether oxygens (including phenoxy) is 2. The van der Waals surface area contributed by atoms with Crippen molar-refractivity contribution in [1.29, 1.82) is 0 Å². The van der Waals surface area contributed by atoms with Gasteiger partial charge in [-0.3, -0.25) is 0 Å². The van der Waals surface area contributed by atoms with E-state index in [1.54, 1.807) is 7.11 Å². The van der Waals surface area contributed by atoms with Gasteiger partial charge in [-0.1, -0.05) is 19.1 Å². The number of benzene rings is 1. The quantitative estimate of drug-likeness (QED) is 0.682. The molecule has 0 amide bonds. The van der Waals surface area contributed by atoms with Crippen LogP contribution in [0.4, 0.5) is 0 Å². The van der Waals surface area contributed by atoms with Gasteiger partial charge in [-0.05, 0) is 28.4 Å². The summed E-state index contributed by atoms with van der Waals surface area (Å²) in [6, 6.07) is 5.92. The fourth-order valence-corrected chi connectivity index (χ4v) is 2.07. The normalized spacial score (nSPS) is 12.4. The van der Waals surface area contributed by atoms with Gasteiger partial charge in [0, 0.05) is 25.8 Å². The van der Waals surface area contributed by atoms with E-state index in [4.69, 9.17) is 9.47 Å². The van der Waals surface area contributed by atoms with Crippen LogP contribution in [-0.2, 0) is 11.3 Å². The number of halogens is 1. The molecule has 0 bridgehead atoms. The number of nitrogens with one attached hydrogen (secondary N) is 1. The lowest BCUT2D eigenvalue weighted by atomic mass is 10.2. The molecule has 0 saturated heterocycles. The number of methoxy groups -OCH3 is 1. The maximum Gasteiger partial charge on any atom is 0.138 e. The highest BCUT2D eigenvalue weighted by Crippen LogP contribution is 2.29. The molecule has 1 unspecified atom stereocenters. The molecule has 1 aromatic rings. The molecule has 0 aliphatic heterocycles. The summed E-state index contributed by atoms with van der Waals surface area (Å²) in [5, 5.41) is 12.9. The molecule has 1 rings (SSSR count). The molecule has 0 radical (unpaired) electrons. The zero-order valence-electron chi connectivity index (χ0n) is 11.5. The van der Waals surface area contributed by atoms with Gasteiger partial charge in [0.15, 0.2) is 0 Å². The van der Waals surface area contributed by atoms with Gasteiger partial charge in [0.1, 0.15) is 12.4 Å². The molecule has 108 valence electrons. The topological polar surface area (TPSA) is 50.7 Å². The molecule has 1 aromatic carbocycles. The summed E-state index contributed by atoms with van der Waals surface area (Å²) in [6.45, 7) is 4.42. The van der Waals surface area contributed by atoms with Gasteiger partial charge in [0.2, 0.25) is 0 Å². The Morgan fingerprint density at radius 3 is 2.89 bits per heavy atom. The van der Waals surface area contributed by atoms with Crippen molar-refractivity contribution in [3.63, 3.8) is 0 Å². The second-order valence-electron chi connectivity index (χ2n) is 4.27. The molecule has 0 aliphatic carbocycles. The summed E-state index contributed by atoms with van der Waals surface area (Å²) in [4.78, 5) is 0. The van der Waals surface area contributed by atoms with Crippen molar-refractivity contribution >= 4 is 15.9 Å². The van der Waals surface area contributed by atoms with Gasteiger partial charge in [0.25, 0.3) is 0 Å². The van der Waals surface area contributed by atoms with Crippen LogP contribution in [0.1, 0.15) is 18.9 Å². The van der Waals surface area contributed by atoms with Crippen LogP contribution in [-0.4, -0.2) is 38.1 Å². The Morgan fingerprint density at radius 1 is 1.42 bits per heavy atom. The van der Waals surface area contributed by atoms with Crippen molar-refractivity contribution in [2.75, 3.05) is 26.9 Å². The third-order valence-electron chi connectivity index (χ3n) is 2.74. The summed E-state index contributed by atoms with van der Waals surface area (Å²) in [6.07, 6.45) is 0.257. The fraction of sp³-hybridized carbons (Fsp3) is 0.571. The van der Waals surface area contributed by atoms with Crippen LogP contribution in [0.15, 0.2) is 22.7 Å². The second-order valence-corrected chi connectivity index (χ2v) is 5.13. The Kier molecular flexibility index (Phi) is 8.05. The number of para-hydroxylation sites is 1. The van der Waals surface area contributed by atoms with Crippen LogP contribution < -0.4 is 10.1 Å². The monoisotopic (exact) mass is 331 g/mol. The standard InChI is InChI=1S/C14H22BrNO3/c1-3-12(17)10-19-14-11(5-4-6-13(14)15)9-16-7-8-18-2/h4-6,12,16-17H,3,7-10H2,1-2H3. The van der Waals surface area contributed by atoms with Crippen LogP contribution in [0.3, 0.4) is 0 Å². The Morgan fingerprint density at radius 2 is 2.21 bits per heavy atom. The molecule has 0 aliphatic rings. The number of hydrogen-bond donors (Lipinski definition) is 2. The van der Waals surface area contributed by atoms with E-state index >= 15 is 0 Å². The highest BCUT2D eigenvalue weighted by Gasteiger charge is 2.10. The molecule has 0 aromatic heterocycles. The molecular weight excluding hydrogens is 310 g/mol. The van der Waals surface area contributed by atoms with Gasteiger partial charge < -0.3 is 19.9 Å². The number of rotatable bonds is 9. The molecule has 2 N–H and O–H groups in total. The van der Waals surface area contributed by atoms with Gasteiger partial charge in [-0.2, -0.15) is 0 Å². The van der Waals surface area contributed by atoms with E-state index in [9.17, 15) is 5.11 Å². The van der Waals surface area contributed by atoms with Crippen LogP contribution >= 0.6 is 15.9 Å². The highest BCUT2D eigenvalue weighted by molar-refractivity contribution is 9.10. The van der Waals surface area contributed by atoms with Gasteiger partial charge in [-0.15, -0.1) is 0 Å². The van der Waals surface area contributed by atoms with E-state index in [-0.39, 0.29) is 0 Å². The van der Waals surface area contributed by atoms with Crippen LogP contribution in [0.2, 0.25) is 0 Å². The van der Waals surface area contributed by atoms with Crippen LogP contribution in [0, 0.1) is 0 Å². The SMILES string of the molecule is CCC(O)COc1c(Br)cccc1CNCCOC. The number of aliphatic hydroxyl groups is 1. The van der Waals surface area contributed by atoms with Crippen molar-refractivity contribution in [1.82, 2.24) is 5.32 Å². The van der Waals surface area contributed by atoms with E-state index < -0.39 is 6.10 Å². The first-order valence-corrected chi connectivity index (χ1v) is 7.26. The first kappa shape index (κ1) is 16.4. The smallest absolute Gasteiger partial charge is 0.138 e. The maximum absolute atomic E-state index is 9.57. The summed E-state index contributed by atoms with van der Waals surface area (Å²) in [5.74, 6) is 0.792. The lowest BCUT2D eigenvalue weighted by molar-refractivity contribution is 0.103. The molecule has 0 fully saturated rings. The van der Waals surface area contributed by atoms with E-state index in [0.717, 1.165) is 22.3 Å². The molecule has 5 heteroatoms. The van der Waals surface area contributed by atoms with Crippen molar-refractivity contribution in [2.24, 2.45) is 0 Å². The molecule has 4 nitrogen and oxygen atoms in total. The average Bonchev–Trinajstić information content (AvgIpc) is 2.42. The predicted octanol–water partition coefficient (Wildman–Crippen LogP) is 2.33. The van der Waals surface area contributed by atoms with Crippen molar-refractivity contribution in [3.05, 3.63) is 28.2 Å². The summed E-state index contributed by atoms with van der Waals surface area (Å²) >= 11 is 3.48. The lowest BCUT2D eigenvalue weighted by Crippen LogP contribution is -2.20. The third kappa shape index (κ3) is 5.91. The van der Waals surface area contributed by atoms with E-state index in [1.807, 2.05) is 25.1 Å². The fourth-order valence-electron chi connectivity index (χ4n) is 1.55. The Hall–Kier alpha value is -0.620. The van der Waals surface area contributed by atoms with Crippen LogP contribution in [0.5, 0.6) is 5.75 Å². The highest BCUT2D eigenvalue weighted by atomic mass is 79.9. The van der Waals surface area contributed by atoms with Gasteiger partial charge in [-0.25, -0.2) is 0 Å². The molecule has 19 heavy (non-hydrogen) atoms. The summed E-state index contributed by atoms with van der Waals surface area (Å²) in [7, 11) is 1.68. The van der Waals surface area contributed by atoms with Crippen molar-refractivity contribution in [3.8, 4) is 5.75 Å². The van der Waals surface area contributed by atoms with E-state index in [1.165, 1.54) is 0 Å². The minimum Gasteiger partial charge on any atom is -0.489 e. The average molecular weight is 332 g/mol. The largest absolute Gasteiger partial charge is 0.489 e. The van der Waals surface area contributed by atoms with Crippen LogP contribution in [0.25, 0.3) is 0 Å². The van der Waals surface area contributed by atoms with Gasteiger partial charge >= 0.3 is 0 Å². The predicted molar refractivity (Wildman–Crippen MR) is 79.5 cm³/mol. The zero-order chi connectivity index (χ0) is 14.1. The lowest BCUT2D eigenvalue weighted by Gasteiger charge is -2.16. The number of aliphatic hydroxyl groups excluding tert-OH is 1. The van der Waals surface area contributed by atoms with Crippen molar-refractivity contribution in [2.45, 2.75) is 26.0 Å². The second kappa shape index (κ2) is 9.31.